The molecule has 0 aliphatic heterocycles. The average Bonchev–Trinajstić information content (AvgIpc) is 2.66. The number of sulfonamides is 1. The number of aryl methyl sites for hydroxylation is 2. The number of benzene rings is 2. The molecule has 0 spiro atoms. The number of nitrogens with zero attached hydrogens (tertiary/aromatic N) is 1. The molecule has 0 radical (unpaired) electrons. The van der Waals surface area contributed by atoms with Crippen LogP contribution < -0.4 is 9.62 Å². The van der Waals surface area contributed by atoms with Crippen molar-refractivity contribution in [2.45, 2.75) is 52.5 Å². The molecule has 1 N–H and O–H groups in total. The van der Waals surface area contributed by atoms with E-state index in [9.17, 15) is 13.2 Å². The third kappa shape index (κ3) is 5.60. The lowest BCUT2D eigenvalue weighted by molar-refractivity contribution is -0.121. The van der Waals surface area contributed by atoms with E-state index < -0.39 is 10.0 Å². The van der Waals surface area contributed by atoms with E-state index in [2.05, 4.69) is 5.32 Å². The van der Waals surface area contributed by atoms with Crippen LogP contribution in [0.5, 0.6) is 0 Å². The summed E-state index contributed by atoms with van der Waals surface area (Å²) in [5.74, 6) is 0.190. The lowest BCUT2D eigenvalue weighted by Crippen LogP contribution is -2.48. The van der Waals surface area contributed by atoms with Gasteiger partial charge >= 0.3 is 0 Å². The van der Waals surface area contributed by atoms with Crippen molar-refractivity contribution in [3.8, 4) is 0 Å². The summed E-state index contributed by atoms with van der Waals surface area (Å²) in [6.07, 6.45) is 0. The molecule has 6 heteroatoms. The first-order chi connectivity index (χ1) is 13.5. The number of nitrogens with one attached hydrogen (secondary N) is 1. The molecular formula is C23H32N2O3S. The van der Waals surface area contributed by atoms with Gasteiger partial charge in [0.15, 0.2) is 0 Å². The highest BCUT2D eigenvalue weighted by Crippen LogP contribution is 2.28. The molecule has 0 aliphatic rings. The standard InChI is InChI=1S/C23H32N2O3S/c1-16(2)23(17(3)4)24-22(26)15-25(21-14-18(5)12-13-19(21)6)29(27,28)20-10-8-7-9-11-20/h7-14,16-17,23H,15H2,1-6H3,(H,24,26). The fourth-order valence-electron chi connectivity index (χ4n) is 3.47. The van der Waals surface area contributed by atoms with Crippen molar-refractivity contribution in [3.05, 3.63) is 59.7 Å². The first-order valence-corrected chi connectivity index (χ1v) is 11.4. The van der Waals surface area contributed by atoms with E-state index >= 15 is 0 Å². The average molecular weight is 417 g/mol. The van der Waals surface area contributed by atoms with Crippen molar-refractivity contribution in [2.75, 3.05) is 10.8 Å². The highest BCUT2D eigenvalue weighted by atomic mass is 32.2. The molecule has 5 nitrogen and oxygen atoms in total. The normalized spacial score (nSPS) is 11.9. The second-order valence-corrected chi connectivity index (χ2v) is 10.1. The quantitative estimate of drug-likeness (QED) is 0.698. The van der Waals surface area contributed by atoms with Crippen LogP contribution in [-0.4, -0.2) is 26.9 Å². The molecule has 2 aromatic carbocycles. The van der Waals surface area contributed by atoms with E-state index in [1.54, 1.807) is 30.3 Å². The summed E-state index contributed by atoms with van der Waals surface area (Å²) in [7, 11) is -3.89. The zero-order chi connectivity index (χ0) is 21.8. The number of carbonyl (C=O) groups excluding carboxylic acids is 1. The molecule has 0 aliphatic carbocycles. The van der Waals surface area contributed by atoms with Crippen LogP contribution in [0.15, 0.2) is 53.4 Å². The van der Waals surface area contributed by atoms with Crippen molar-refractivity contribution in [1.29, 1.82) is 0 Å². The summed E-state index contributed by atoms with van der Waals surface area (Å²) < 4.78 is 28.1. The molecule has 0 saturated carbocycles. The first-order valence-electron chi connectivity index (χ1n) is 9.98. The summed E-state index contributed by atoms with van der Waals surface area (Å²) in [6, 6.07) is 13.8. The Labute approximate surface area is 175 Å². The van der Waals surface area contributed by atoms with E-state index in [1.165, 1.54) is 4.31 Å². The van der Waals surface area contributed by atoms with Gasteiger partial charge in [0, 0.05) is 6.04 Å². The van der Waals surface area contributed by atoms with Gasteiger partial charge in [0.2, 0.25) is 5.91 Å². The molecule has 158 valence electrons. The highest BCUT2D eigenvalue weighted by Gasteiger charge is 2.29. The third-order valence-electron chi connectivity index (χ3n) is 5.02. The van der Waals surface area contributed by atoms with E-state index in [1.807, 2.05) is 59.7 Å². The van der Waals surface area contributed by atoms with Crippen molar-refractivity contribution >= 4 is 21.6 Å². The lowest BCUT2D eigenvalue weighted by atomic mass is 9.93. The van der Waals surface area contributed by atoms with Crippen molar-refractivity contribution in [2.24, 2.45) is 11.8 Å². The first kappa shape index (κ1) is 22.9. The zero-order valence-corrected chi connectivity index (χ0v) is 19.0. The molecule has 0 bridgehead atoms. The second-order valence-electron chi connectivity index (χ2n) is 8.20. The minimum absolute atomic E-state index is 0.0256. The Morgan fingerprint density at radius 3 is 2.10 bits per heavy atom. The van der Waals surface area contributed by atoms with Crippen LogP contribution >= 0.6 is 0 Å². The van der Waals surface area contributed by atoms with Gasteiger partial charge in [-0.2, -0.15) is 0 Å². The van der Waals surface area contributed by atoms with Gasteiger partial charge in [-0.1, -0.05) is 58.0 Å². The monoisotopic (exact) mass is 416 g/mol. The van der Waals surface area contributed by atoms with Crippen molar-refractivity contribution < 1.29 is 13.2 Å². The topological polar surface area (TPSA) is 66.5 Å². The maximum Gasteiger partial charge on any atom is 0.264 e. The number of carbonyl (C=O) groups is 1. The SMILES string of the molecule is Cc1ccc(C)c(N(CC(=O)NC(C(C)C)C(C)C)S(=O)(=O)c2ccccc2)c1. The summed E-state index contributed by atoms with van der Waals surface area (Å²) in [4.78, 5) is 13.1. The molecule has 0 heterocycles. The second kappa shape index (κ2) is 9.44. The molecule has 1 amide bonds. The lowest BCUT2D eigenvalue weighted by Gasteiger charge is -2.29. The zero-order valence-electron chi connectivity index (χ0n) is 18.1. The largest absolute Gasteiger partial charge is 0.351 e. The Hall–Kier alpha value is -2.34. The molecule has 0 fully saturated rings. The van der Waals surface area contributed by atoms with E-state index in [-0.39, 0.29) is 35.2 Å². The molecule has 2 rings (SSSR count). The summed E-state index contributed by atoms with van der Waals surface area (Å²) in [5, 5.41) is 3.03. The maximum atomic E-state index is 13.4. The van der Waals surface area contributed by atoms with Gasteiger partial charge in [-0.25, -0.2) is 8.42 Å². The van der Waals surface area contributed by atoms with Gasteiger partial charge < -0.3 is 5.32 Å². The number of anilines is 1. The number of hydrogen-bond donors (Lipinski definition) is 1. The highest BCUT2D eigenvalue weighted by molar-refractivity contribution is 7.92. The molecule has 0 unspecified atom stereocenters. The predicted octanol–water partition coefficient (Wildman–Crippen LogP) is 4.30. The van der Waals surface area contributed by atoms with E-state index in [0.717, 1.165) is 11.1 Å². The summed E-state index contributed by atoms with van der Waals surface area (Å²) in [5.41, 5.74) is 2.25. The number of rotatable bonds is 8. The number of amides is 1. The van der Waals surface area contributed by atoms with Crippen LogP contribution in [0.25, 0.3) is 0 Å². The molecule has 0 aromatic heterocycles. The minimum Gasteiger partial charge on any atom is -0.351 e. The van der Waals surface area contributed by atoms with Crippen LogP contribution in [0.1, 0.15) is 38.8 Å². The van der Waals surface area contributed by atoms with Crippen LogP contribution in [0, 0.1) is 25.7 Å². The van der Waals surface area contributed by atoms with E-state index in [4.69, 9.17) is 0 Å². The van der Waals surface area contributed by atoms with Crippen LogP contribution in [0.2, 0.25) is 0 Å². The number of hydrogen-bond acceptors (Lipinski definition) is 3. The maximum absolute atomic E-state index is 13.4. The van der Waals surface area contributed by atoms with Gasteiger partial charge in [0.1, 0.15) is 6.54 Å². The van der Waals surface area contributed by atoms with Crippen molar-refractivity contribution in [3.63, 3.8) is 0 Å². The molecule has 2 aromatic rings. The summed E-state index contributed by atoms with van der Waals surface area (Å²) >= 11 is 0. The Bertz CT molecular complexity index is 930. The van der Waals surface area contributed by atoms with Crippen LogP contribution in [-0.2, 0) is 14.8 Å². The van der Waals surface area contributed by atoms with E-state index in [0.29, 0.717) is 5.69 Å². The smallest absolute Gasteiger partial charge is 0.264 e. The Kier molecular flexibility index (Phi) is 7.47. The molecule has 29 heavy (non-hydrogen) atoms. The molecule has 0 saturated heterocycles. The Morgan fingerprint density at radius 2 is 1.55 bits per heavy atom. The Balaban J connectivity index is 2.46. The van der Waals surface area contributed by atoms with Gasteiger partial charge in [-0.3, -0.25) is 9.10 Å². The van der Waals surface area contributed by atoms with Crippen molar-refractivity contribution in [1.82, 2.24) is 5.32 Å². The van der Waals surface area contributed by atoms with Gasteiger partial charge in [0.25, 0.3) is 10.0 Å². The predicted molar refractivity (Wildman–Crippen MR) is 118 cm³/mol. The molecular weight excluding hydrogens is 384 g/mol. The van der Waals surface area contributed by atoms with Gasteiger partial charge in [-0.15, -0.1) is 0 Å². The third-order valence-corrected chi connectivity index (χ3v) is 6.79. The van der Waals surface area contributed by atoms with Gasteiger partial charge in [0.05, 0.1) is 10.6 Å². The fraction of sp³-hybridized carbons (Fsp3) is 0.435. The Morgan fingerprint density at radius 1 is 0.966 bits per heavy atom. The minimum atomic E-state index is -3.89. The molecule has 0 atom stereocenters. The van der Waals surface area contributed by atoms with Crippen LogP contribution in [0.3, 0.4) is 0 Å². The van der Waals surface area contributed by atoms with Gasteiger partial charge in [-0.05, 0) is 55.0 Å². The summed E-state index contributed by atoms with van der Waals surface area (Å²) in [6.45, 7) is 11.7. The van der Waals surface area contributed by atoms with Crippen LogP contribution in [0.4, 0.5) is 5.69 Å². The fourth-order valence-corrected chi connectivity index (χ4v) is 4.97.